The second kappa shape index (κ2) is 4.19. The summed E-state index contributed by atoms with van der Waals surface area (Å²) in [7, 11) is 0. The molecular formula is C13H13N3OS. The van der Waals surface area contributed by atoms with Gasteiger partial charge in [0.15, 0.2) is 11.5 Å². The van der Waals surface area contributed by atoms with Crippen LogP contribution in [0.1, 0.15) is 16.5 Å². The predicted octanol–water partition coefficient (Wildman–Crippen LogP) is 3.03. The Kier molecular flexibility index (Phi) is 2.65. The van der Waals surface area contributed by atoms with Crippen molar-refractivity contribution in [3.63, 3.8) is 0 Å². The minimum absolute atomic E-state index is 0.535. The van der Waals surface area contributed by atoms with Gasteiger partial charge in [-0.05, 0) is 25.1 Å². The van der Waals surface area contributed by atoms with Crippen LogP contribution in [0.15, 0.2) is 22.6 Å². The number of nitrogens with zero attached hydrogens (tertiary/aromatic N) is 2. The highest BCUT2D eigenvalue weighted by molar-refractivity contribution is 7.15. The molecule has 0 spiro atoms. The Morgan fingerprint density at radius 2 is 2.11 bits per heavy atom. The Bertz CT molecular complexity index is 714. The lowest BCUT2D eigenvalue weighted by molar-refractivity contribution is 0.561. The highest BCUT2D eigenvalue weighted by atomic mass is 32.1. The monoisotopic (exact) mass is 259 g/mol. The molecule has 3 rings (SSSR count). The highest BCUT2D eigenvalue weighted by Gasteiger charge is 2.10. The van der Waals surface area contributed by atoms with Crippen molar-refractivity contribution in [2.45, 2.75) is 20.4 Å². The van der Waals surface area contributed by atoms with Gasteiger partial charge in [0.25, 0.3) is 0 Å². The molecule has 0 saturated carbocycles. The molecule has 0 bridgehead atoms. The van der Waals surface area contributed by atoms with Crippen LogP contribution in [0, 0.1) is 13.8 Å². The van der Waals surface area contributed by atoms with Crippen molar-refractivity contribution in [3.05, 3.63) is 34.7 Å². The molecule has 2 N–H and O–H groups in total. The molecule has 0 aliphatic heterocycles. The number of nitrogens with two attached hydrogens (primary N) is 1. The second-order valence-corrected chi connectivity index (χ2v) is 5.23. The number of oxazole rings is 1. The molecule has 0 amide bonds. The van der Waals surface area contributed by atoms with Crippen molar-refractivity contribution in [1.82, 2.24) is 9.97 Å². The number of rotatable bonds is 2. The molecule has 18 heavy (non-hydrogen) atoms. The van der Waals surface area contributed by atoms with Gasteiger partial charge in [0.05, 0.1) is 5.69 Å². The second-order valence-electron chi connectivity index (χ2n) is 4.15. The summed E-state index contributed by atoms with van der Waals surface area (Å²) < 4.78 is 5.53. The minimum Gasteiger partial charge on any atom is -0.441 e. The van der Waals surface area contributed by atoms with Gasteiger partial charge in [-0.3, -0.25) is 0 Å². The molecule has 0 fully saturated rings. The number of aryl methyl sites for hydroxylation is 2. The lowest BCUT2D eigenvalue weighted by Gasteiger charge is -1.94. The van der Waals surface area contributed by atoms with Crippen molar-refractivity contribution < 1.29 is 4.42 Å². The molecule has 0 aliphatic carbocycles. The van der Waals surface area contributed by atoms with Crippen molar-refractivity contribution >= 4 is 22.4 Å². The predicted molar refractivity (Wildman–Crippen MR) is 72.5 cm³/mol. The normalized spacial score (nSPS) is 11.3. The number of hydrogen-bond acceptors (Lipinski definition) is 5. The highest BCUT2D eigenvalue weighted by Crippen LogP contribution is 2.30. The molecule has 2 aromatic heterocycles. The molecule has 0 aliphatic rings. The van der Waals surface area contributed by atoms with Crippen LogP contribution in [0.3, 0.4) is 0 Å². The summed E-state index contributed by atoms with van der Waals surface area (Å²) in [5.74, 6) is 0.681. The average Bonchev–Trinajstić information content (AvgIpc) is 2.89. The average molecular weight is 259 g/mol. The molecule has 0 atom stereocenters. The van der Waals surface area contributed by atoms with E-state index in [9.17, 15) is 0 Å². The molecule has 1 aromatic carbocycles. The SMILES string of the molecule is Cc1nc2ccc(-c3nc(C)c(CN)s3)cc2o1. The van der Waals surface area contributed by atoms with Gasteiger partial charge in [-0.15, -0.1) is 11.3 Å². The Balaban J connectivity index is 2.12. The maximum atomic E-state index is 5.68. The molecule has 5 heteroatoms. The van der Waals surface area contributed by atoms with Crippen LogP contribution in [0.5, 0.6) is 0 Å². The molecule has 2 heterocycles. The molecular weight excluding hydrogens is 246 g/mol. The first-order valence-electron chi connectivity index (χ1n) is 5.71. The fourth-order valence-electron chi connectivity index (χ4n) is 1.91. The summed E-state index contributed by atoms with van der Waals surface area (Å²) in [5, 5.41) is 0.976. The number of fused-ring (bicyclic) bond motifs is 1. The van der Waals surface area contributed by atoms with E-state index >= 15 is 0 Å². The zero-order valence-corrected chi connectivity index (χ0v) is 11.0. The van der Waals surface area contributed by atoms with E-state index in [1.165, 1.54) is 0 Å². The van der Waals surface area contributed by atoms with Gasteiger partial charge in [-0.1, -0.05) is 0 Å². The fraction of sp³-hybridized carbons (Fsp3) is 0.231. The molecule has 0 radical (unpaired) electrons. The van der Waals surface area contributed by atoms with E-state index in [0.717, 1.165) is 32.2 Å². The van der Waals surface area contributed by atoms with Crippen molar-refractivity contribution in [2.75, 3.05) is 0 Å². The van der Waals surface area contributed by atoms with E-state index in [-0.39, 0.29) is 0 Å². The number of aromatic nitrogens is 2. The molecule has 3 aromatic rings. The third-order valence-corrected chi connectivity index (χ3v) is 4.05. The van der Waals surface area contributed by atoms with Crippen LogP contribution in [0.2, 0.25) is 0 Å². The standard InChI is InChI=1S/C13H13N3OS/c1-7-12(6-14)18-13(15-7)9-3-4-10-11(5-9)17-8(2)16-10/h3-5H,6,14H2,1-2H3. The first-order valence-corrected chi connectivity index (χ1v) is 6.53. The Labute approximate surface area is 108 Å². The van der Waals surface area contributed by atoms with Gasteiger partial charge in [0.1, 0.15) is 10.5 Å². The number of thiazole rings is 1. The zero-order valence-electron chi connectivity index (χ0n) is 10.2. The van der Waals surface area contributed by atoms with E-state index in [1.54, 1.807) is 11.3 Å². The maximum Gasteiger partial charge on any atom is 0.192 e. The molecule has 4 nitrogen and oxygen atoms in total. The molecule has 92 valence electrons. The quantitative estimate of drug-likeness (QED) is 0.768. The lowest BCUT2D eigenvalue weighted by atomic mass is 10.2. The van der Waals surface area contributed by atoms with E-state index in [0.29, 0.717) is 12.4 Å². The fourth-order valence-corrected chi connectivity index (χ4v) is 2.85. The van der Waals surface area contributed by atoms with Gasteiger partial charge < -0.3 is 10.2 Å². The minimum atomic E-state index is 0.535. The lowest BCUT2D eigenvalue weighted by Crippen LogP contribution is -1.94. The van der Waals surface area contributed by atoms with Crippen LogP contribution >= 0.6 is 11.3 Å². The van der Waals surface area contributed by atoms with Gasteiger partial charge in [-0.25, -0.2) is 9.97 Å². The van der Waals surface area contributed by atoms with Crippen LogP contribution < -0.4 is 5.73 Å². The third kappa shape index (κ3) is 1.81. The summed E-state index contributed by atoms with van der Waals surface area (Å²) in [6.45, 7) is 4.37. The van der Waals surface area contributed by atoms with E-state index in [2.05, 4.69) is 9.97 Å². The first kappa shape index (κ1) is 11.4. The van der Waals surface area contributed by atoms with Gasteiger partial charge in [0.2, 0.25) is 0 Å². The Morgan fingerprint density at radius 3 is 2.83 bits per heavy atom. The Morgan fingerprint density at radius 1 is 1.28 bits per heavy atom. The summed E-state index contributed by atoms with van der Waals surface area (Å²) in [6.07, 6.45) is 0. The summed E-state index contributed by atoms with van der Waals surface area (Å²) in [4.78, 5) is 9.95. The smallest absolute Gasteiger partial charge is 0.192 e. The molecule has 0 unspecified atom stereocenters. The van der Waals surface area contributed by atoms with E-state index < -0.39 is 0 Å². The summed E-state index contributed by atoms with van der Waals surface area (Å²) in [6, 6.07) is 5.96. The number of benzene rings is 1. The van der Waals surface area contributed by atoms with Crippen molar-refractivity contribution in [1.29, 1.82) is 0 Å². The maximum absolute atomic E-state index is 5.68. The van der Waals surface area contributed by atoms with E-state index in [4.69, 9.17) is 10.2 Å². The largest absolute Gasteiger partial charge is 0.441 e. The van der Waals surface area contributed by atoms with E-state index in [1.807, 2.05) is 32.0 Å². The van der Waals surface area contributed by atoms with Gasteiger partial charge in [-0.2, -0.15) is 0 Å². The van der Waals surface area contributed by atoms with Crippen LogP contribution in [0.4, 0.5) is 0 Å². The topological polar surface area (TPSA) is 64.9 Å². The van der Waals surface area contributed by atoms with Crippen LogP contribution in [0.25, 0.3) is 21.7 Å². The summed E-state index contributed by atoms with van der Waals surface area (Å²) >= 11 is 1.63. The zero-order chi connectivity index (χ0) is 12.7. The molecule has 0 saturated heterocycles. The van der Waals surface area contributed by atoms with Crippen molar-refractivity contribution in [3.8, 4) is 10.6 Å². The van der Waals surface area contributed by atoms with Gasteiger partial charge in [0, 0.05) is 23.9 Å². The van der Waals surface area contributed by atoms with Crippen LogP contribution in [-0.2, 0) is 6.54 Å². The number of hydrogen-bond donors (Lipinski definition) is 1. The third-order valence-electron chi connectivity index (χ3n) is 2.82. The summed E-state index contributed by atoms with van der Waals surface area (Å²) in [5.41, 5.74) is 9.41. The first-order chi connectivity index (χ1) is 8.67. The van der Waals surface area contributed by atoms with Gasteiger partial charge >= 0.3 is 0 Å². The van der Waals surface area contributed by atoms with Crippen LogP contribution in [-0.4, -0.2) is 9.97 Å². The van der Waals surface area contributed by atoms with Crippen molar-refractivity contribution in [2.24, 2.45) is 5.73 Å². The Hall–Kier alpha value is -1.72.